The summed E-state index contributed by atoms with van der Waals surface area (Å²) in [5.41, 5.74) is 1.68. The molecule has 0 saturated carbocycles. The number of amides is 1. The molecule has 1 heterocycles. The van der Waals surface area contributed by atoms with Gasteiger partial charge in [-0.25, -0.2) is 4.79 Å². The molecular formula is C18H22ClN3O3. The largest absolute Gasteiger partial charge is 0.467 e. The van der Waals surface area contributed by atoms with E-state index >= 15 is 0 Å². The third-order valence-corrected chi connectivity index (χ3v) is 4.09. The highest BCUT2D eigenvalue weighted by atomic mass is 35.5. The second-order valence-corrected chi connectivity index (χ2v) is 6.60. The smallest absolute Gasteiger partial charge is 0.328 e. The summed E-state index contributed by atoms with van der Waals surface area (Å²) in [4.78, 5) is 24.5. The molecule has 0 aliphatic rings. The number of benzene rings is 1. The van der Waals surface area contributed by atoms with Crippen molar-refractivity contribution >= 4 is 23.5 Å². The predicted octanol–water partition coefficient (Wildman–Crippen LogP) is 3.06. The number of methoxy groups -OCH3 is 1. The van der Waals surface area contributed by atoms with Crippen molar-refractivity contribution in [2.24, 2.45) is 13.0 Å². The first-order chi connectivity index (χ1) is 11.8. The van der Waals surface area contributed by atoms with Crippen LogP contribution in [0.5, 0.6) is 0 Å². The number of halogens is 1. The monoisotopic (exact) mass is 363 g/mol. The van der Waals surface area contributed by atoms with Crippen molar-refractivity contribution in [1.29, 1.82) is 0 Å². The molecule has 1 atom stereocenters. The molecule has 0 fully saturated rings. The quantitative estimate of drug-likeness (QED) is 0.800. The van der Waals surface area contributed by atoms with Crippen LogP contribution >= 0.6 is 11.6 Å². The fraction of sp³-hybridized carbons (Fsp3) is 0.389. The minimum atomic E-state index is -0.698. The van der Waals surface area contributed by atoms with Crippen molar-refractivity contribution in [3.8, 4) is 11.3 Å². The van der Waals surface area contributed by atoms with Crippen LogP contribution < -0.4 is 5.32 Å². The van der Waals surface area contributed by atoms with Crippen molar-refractivity contribution in [2.75, 3.05) is 7.11 Å². The molecule has 7 heteroatoms. The maximum absolute atomic E-state index is 12.6. The summed E-state index contributed by atoms with van der Waals surface area (Å²) in [6, 6.07) is 8.24. The number of nitrogens with one attached hydrogen (secondary N) is 1. The zero-order chi connectivity index (χ0) is 18.6. The van der Waals surface area contributed by atoms with Crippen LogP contribution in [0, 0.1) is 5.92 Å². The summed E-state index contributed by atoms with van der Waals surface area (Å²) in [6.07, 6.45) is 0.494. The Morgan fingerprint density at radius 1 is 1.32 bits per heavy atom. The molecule has 2 aromatic rings. The van der Waals surface area contributed by atoms with Crippen LogP contribution in [0.4, 0.5) is 0 Å². The van der Waals surface area contributed by atoms with Crippen LogP contribution in [0.15, 0.2) is 30.3 Å². The van der Waals surface area contributed by atoms with Crippen LogP contribution in [-0.4, -0.2) is 34.8 Å². The van der Waals surface area contributed by atoms with E-state index in [9.17, 15) is 9.59 Å². The van der Waals surface area contributed by atoms with E-state index in [1.54, 1.807) is 19.2 Å². The first-order valence-corrected chi connectivity index (χ1v) is 8.39. The summed E-state index contributed by atoms with van der Waals surface area (Å²) in [5, 5.41) is 7.63. The molecular weight excluding hydrogens is 342 g/mol. The molecule has 1 N–H and O–H groups in total. The lowest BCUT2D eigenvalue weighted by Crippen LogP contribution is -2.42. The molecule has 0 saturated heterocycles. The highest BCUT2D eigenvalue weighted by Gasteiger charge is 2.25. The third-order valence-electron chi connectivity index (χ3n) is 3.76. The van der Waals surface area contributed by atoms with Gasteiger partial charge >= 0.3 is 5.97 Å². The molecule has 0 bridgehead atoms. The number of aryl methyl sites for hydroxylation is 1. The molecule has 0 unspecified atom stereocenters. The standard InChI is InChI=1S/C18H22ClN3O3/c1-11(2)9-15(18(24)25-4)20-17(23)16-10-14(21-22(16)3)12-7-5-6-8-13(12)19/h5-8,10-11,15H,9H2,1-4H3,(H,20,23)/t15-/m0/s1. The van der Waals surface area contributed by atoms with Crippen LogP contribution in [0.2, 0.25) is 5.02 Å². The van der Waals surface area contributed by atoms with Crippen molar-refractivity contribution < 1.29 is 14.3 Å². The molecule has 0 aliphatic carbocycles. The molecule has 25 heavy (non-hydrogen) atoms. The van der Waals surface area contributed by atoms with Gasteiger partial charge < -0.3 is 10.1 Å². The minimum absolute atomic E-state index is 0.231. The maximum atomic E-state index is 12.6. The molecule has 134 valence electrons. The van der Waals surface area contributed by atoms with Crippen molar-refractivity contribution in [1.82, 2.24) is 15.1 Å². The highest BCUT2D eigenvalue weighted by Crippen LogP contribution is 2.26. The summed E-state index contributed by atoms with van der Waals surface area (Å²) < 4.78 is 6.25. The lowest BCUT2D eigenvalue weighted by atomic mass is 10.0. The Balaban J connectivity index is 2.25. The van der Waals surface area contributed by atoms with Crippen LogP contribution in [0.3, 0.4) is 0 Å². The van der Waals surface area contributed by atoms with E-state index in [4.69, 9.17) is 16.3 Å². The zero-order valence-electron chi connectivity index (χ0n) is 14.7. The van der Waals surface area contributed by atoms with E-state index in [0.29, 0.717) is 22.8 Å². The summed E-state index contributed by atoms with van der Waals surface area (Å²) >= 11 is 6.19. The maximum Gasteiger partial charge on any atom is 0.328 e. The van der Waals surface area contributed by atoms with Crippen LogP contribution in [-0.2, 0) is 16.6 Å². The molecule has 2 rings (SSSR count). The van der Waals surface area contributed by atoms with Gasteiger partial charge in [0.1, 0.15) is 11.7 Å². The lowest BCUT2D eigenvalue weighted by molar-refractivity contribution is -0.143. The van der Waals surface area contributed by atoms with Gasteiger partial charge in [0.25, 0.3) is 5.91 Å². The predicted molar refractivity (Wildman–Crippen MR) is 96.4 cm³/mol. The Morgan fingerprint density at radius 2 is 2.00 bits per heavy atom. The van der Waals surface area contributed by atoms with Gasteiger partial charge in [-0.3, -0.25) is 9.48 Å². The molecule has 1 amide bonds. The molecule has 6 nitrogen and oxygen atoms in total. The topological polar surface area (TPSA) is 73.2 Å². The summed E-state index contributed by atoms with van der Waals surface area (Å²) in [7, 11) is 2.98. The zero-order valence-corrected chi connectivity index (χ0v) is 15.5. The van der Waals surface area contributed by atoms with E-state index in [1.807, 2.05) is 32.0 Å². The second-order valence-electron chi connectivity index (χ2n) is 6.20. The molecule has 0 radical (unpaired) electrons. The average Bonchev–Trinajstić information content (AvgIpc) is 2.95. The summed E-state index contributed by atoms with van der Waals surface area (Å²) in [5.74, 6) is -0.616. The number of esters is 1. The summed E-state index contributed by atoms with van der Waals surface area (Å²) in [6.45, 7) is 3.95. The van der Waals surface area contributed by atoms with E-state index in [0.717, 1.165) is 5.56 Å². The van der Waals surface area contributed by atoms with Gasteiger partial charge in [0.2, 0.25) is 0 Å². The van der Waals surface area contributed by atoms with Gasteiger partial charge in [-0.05, 0) is 24.5 Å². The highest BCUT2D eigenvalue weighted by molar-refractivity contribution is 6.33. The normalized spacial score (nSPS) is 12.1. The fourth-order valence-corrected chi connectivity index (χ4v) is 2.77. The van der Waals surface area contributed by atoms with Gasteiger partial charge in [-0.15, -0.1) is 0 Å². The first kappa shape index (κ1) is 19.0. The number of aromatic nitrogens is 2. The van der Waals surface area contributed by atoms with Crippen LogP contribution in [0.25, 0.3) is 11.3 Å². The number of hydrogen-bond acceptors (Lipinski definition) is 4. The molecule has 1 aromatic carbocycles. The third kappa shape index (κ3) is 4.60. The molecule has 0 aliphatic heterocycles. The van der Waals surface area contributed by atoms with Crippen molar-refractivity contribution in [3.63, 3.8) is 0 Å². The molecule has 0 spiro atoms. The molecule has 1 aromatic heterocycles. The SMILES string of the molecule is COC(=O)[C@H](CC(C)C)NC(=O)c1cc(-c2ccccc2Cl)nn1C. The van der Waals surface area contributed by atoms with E-state index < -0.39 is 12.0 Å². The number of hydrogen-bond donors (Lipinski definition) is 1. The Labute approximate surface area is 152 Å². The van der Waals surface area contributed by atoms with Gasteiger partial charge in [-0.1, -0.05) is 43.6 Å². The number of nitrogens with zero attached hydrogens (tertiary/aromatic N) is 2. The Hall–Kier alpha value is -2.34. The second kappa shape index (κ2) is 8.16. The van der Waals surface area contributed by atoms with Gasteiger partial charge in [0.05, 0.1) is 17.8 Å². The Kier molecular flexibility index (Phi) is 6.20. The Bertz CT molecular complexity index is 771. The Morgan fingerprint density at radius 3 is 2.60 bits per heavy atom. The van der Waals surface area contributed by atoms with E-state index in [-0.39, 0.29) is 11.8 Å². The number of carbonyl (C=O) groups excluding carboxylic acids is 2. The first-order valence-electron chi connectivity index (χ1n) is 8.01. The van der Waals surface area contributed by atoms with E-state index in [1.165, 1.54) is 11.8 Å². The number of carbonyl (C=O) groups is 2. The van der Waals surface area contributed by atoms with Gasteiger partial charge in [-0.2, -0.15) is 5.10 Å². The van der Waals surface area contributed by atoms with Gasteiger partial charge in [0.15, 0.2) is 0 Å². The van der Waals surface area contributed by atoms with Crippen LogP contribution in [0.1, 0.15) is 30.8 Å². The lowest BCUT2D eigenvalue weighted by Gasteiger charge is -2.18. The minimum Gasteiger partial charge on any atom is -0.467 e. The number of rotatable bonds is 6. The fourth-order valence-electron chi connectivity index (χ4n) is 2.54. The average molecular weight is 364 g/mol. The van der Waals surface area contributed by atoms with Crippen molar-refractivity contribution in [3.05, 3.63) is 41.0 Å². The number of ether oxygens (including phenoxy) is 1. The van der Waals surface area contributed by atoms with Gasteiger partial charge in [0, 0.05) is 12.6 Å². The van der Waals surface area contributed by atoms with Crippen molar-refractivity contribution in [2.45, 2.75) is 26.3 Å². The van der Waals surface area contributed by atoms with E-state index in [2.05, 4.69) is 10.4 Å².